The second-order valence-corrected chi connectivity index (χ2v) is 11.3. The molecule has 1 amide bonds. The van der Waals surface area contributed by atoms with Gasteiger partial charge in [0.2, 0.25) is 11.6 Å². The molecule has 0 aliphatic heterocycles. The largest absolute Gasteiger partial charge is 0.476 e. The van der Waals surface area contributed by atoms with Crippen LogP contribution in [0.2, 0.25) is 0 Å². The molecule has 0 aliphatic rings. The predicted octanol–water partition coefficient (Wildman–Crippen LogP) is 7.28. The van der Waals surface area contributed by atoms with Crippen molar-refractivity contribution in [2.45, 2.75) is 0 Å². The highest BCUT2D eigenvalue weighted by molar-refractivity contribution is 9.10. The van der Waals surface area contributed by atoms with E-state index in [1.54, 1.807) is 42.5 Å². The second kappa shape index (κ2) is 12.4. The van der Waals surface area contributed by atoms with Crippen molar-refractivity contribution in [3.63, 3.8) is 0 Å². The summed E-state index contributed by atoms with van der Waals surface area (Å²) < 4.78 is 27.4. The number of furan rings is 1. The van der Waals surface area contributed by atoms with Crippen LogP contribution in [0.1, 0.15) is 5.56 Å². The Morgan fingerprint density at radius 1 is 1.09 bits per heavy atom. The lowest BCUT2D eigenvalue weighted by Crippen LogP contribution is -2.21. The van der Waals surface area contributed by atoms with Gasteiger partial charge in [-0.25, -0.2) is 9.37 Å². The number of nitro groups is 1. The molecule has 0 aliphatic carbocycles. The number of rotatable bonds is 8. The van der Waals surface area contributed by atoms with Crippen LogP contribution >= 0.6 is 31.9 Å². The third-order valence-corrected chi connectivity index (χ3v) is 7.60. The number of nitro benzene ring substituents is 1. The second-order valence-electron chi connectivity index (χ2n) is 9.53. The molecule has 0 radical (unpaired) electrons. The van der Waals surface area contributed by atoms with Crippen LogP contribution in [0, 0.1) is 15.9 Å². The van der Waals surface area contributed by atoms with Gasteiger partial charge in [0.1, 0.15) is 11.4 Å². The highest BCUT2D eigenvalue weighted by Gasteiger charge is 2.22. The van der Waals surface area contributed by atoms with Crippen molar-refractivity contribution in [1.29, 1.82) is 0 Å². The van der Waals surface area contributed by atoms with Crippen LogP contribution < -0.4 is 15.6 Å². The molecule has 0 saturated carbocycles. The number of ether oxygens (including phenoxy) is 1. The number of benzene rings is 4. The third-order valence-electron chi connectivity index (χ3n) is 6.51. The smallest absolute Gasteiger partial charge is 0.312 e. The van der Waals surface area contributed by atoms with Crippen LogP contribution in [0.4, 0.5) is 15.8 Å². The van der Waals surface area contributed by atoms with Crippen LogP contribution in [0.5, 0.6) is 5.75 Å². The molecule has 224 valence electrons. The predicted molar refractivity (Wildman–Crippen MR) is 173 cm³/mol. The standard InChI is InChI=1S/C31H18Br2FN5O6/c32-19-9-10-26-18(13-19)14-27(45-26)30-37-23-7-3-1-5-20(23)31(41)38(30)35-15-17-11-21(33)29(25(12-17)39(42)43)44-16-28(40)36-24-8-4-2-6-22(24)34/h1-15H,16H2,(H,36,40). The van der Waals surface area contributed by atoms with Crippen LogP contribution in [-0.2, 0) is 4.79 Å². The Labute approximate surface area is 269 Å². The van der Waals surface area contributed by atoms with Crippen molar-refractivity contribution in [2.75, 3.05) is 11.9 Å². The minimum Gasteiger partial charge on any atom is -0.476 e. The molecule has 0 fully saturated rings. The number of aromatic nitrogens is 2. The van der Waals surface area contributed by atoms with Gasteiger partial charge in [0, 0.05) is 21.5 Å². The molecular weight excluding hydrogens is 717 g/mol. The Morgan fingerprint density at radius 3 is 2.67 bits per heavy atom. The highest BCUT2D eigenvalue weighted by atomic mass is 79.9. The van der Waals surface area contributed by atoms with E-state index >= 15 is 0 Å². The Balaban J connectivity index is 1.35. The van der Waals surface area contributed by atoms with Crippen LogP contribution in [-0.4, -0.2) is 33.3 Å². The number of halogens is 3. The average molecular weight is 735 g/mol. The molecule has 4 aromatic carbocycles. The number of nitrogens with zero attached hydrogens (tertiary/aromatic N) is 4. The first-order valence-electron chi connectivity index (χ1n) is 13.1. The summed E-state index contributed by atoms with van der Waals surface area (Å²) in [5.74, 6) is -1.18. The molecule has 2 heterocycles. The SMILES string of the molecule is O=C(COc1c(Br)cc(C=Nn2c(-c3cc4cc(Br)ccc4o3)nc3ccccc3c2=O)cc1[N+](=O)[O-])Nc1ccccc1F. The minimum atomic E-state index is -0.722. The Bertz CT molecular complexity index is 2230. The number of fused-ring (bicyclic) bond motifs is 2. The Hall–Kier alpha value is -5.21. The van der Waals surface area contributed by atoms with Crippen molar-refractivity contribution in [3.05, 3.63) is 126 Å². The lowest BCUT2D eigenvalue weighted by Gasteiger charge is -2.11. The molecule has 0 atom stereocenters. The monoisotopic (exact) mass is 733 g/mol. The van der Waals surface area contributed by atoms with Gasteiger partial charge in [0.15, 0.2) is 12.4 Å². The van der Waals surface area contributed by atoms with Gasteiger partial charge in [-0.15, -0.1) is 0 Å². The molecule has 6 rings (SSSR count). The van der Waals surface area contributed by atoms with E-state index in [-0.39, 0.29) is 33.1 Å². The molecule has 45 heavy (non-hydrogen) atoms. The van der Waals surface area contributed by atoms with E-state index in [9.17, 15) is 24.1 Å². The Kier molecular flexibility index (Phi) is 8.24. The van der Waals surface area contributed by atoms with Gasteiger partial charge in [-0.1, -0.05) is 40.2 Å². The number of anilines is 1. The van der Waals surface area contributed by atoms with Crippen molar-refractivity contribution in [1.82, 2.24) is 9.66 Å². The number of para-hydroxylation sites is 2. The summed E-state index contributed by atoms with van der Waals surface area (Å²) in [6, 6.07) is 22.2. The molecule has 0 bridgehead atoms. The van der Waals surface area contributed by atoms with Crippen molar-refractivity contribution >= 4 is 77.2 Å². The summed E-state index contributed by atoms with van der Waals surface area (Å²) in [5, 5.41) is 19.7. The van der Waals surface area contributed by atoms with E-state index in [1.807, 2.05) is 12.1 Å². The zero-order valence-corrected chi connectivity index (χ0v) is 25.9. The Morgan fingerprint density at radius 2 is 1.87 bits per heavy atom. The van der Waals surface area contributed by atoms with Crippen molar-refractivity contribution in [3.8, 4) is 17.3 Å². The van der Waals surface area contributed by atoms with Gasteiger partial charge in [-0.05, 0) is 70.5 Å². The summed E-state index contributed by atoms with van der Waals surface area (Å²) in [6.07, 6.45) is 1.26. The van der Waals surface area contributed by atoms with E-state index in [4.69, 9.17) is 9.15 Å². The molecule has 6 aromatic rings. The average Bonchev–Trinajstić information content (AvgIpc) is 3.44. The van der Waals surface area contributed by atoms with Gasteiger partial charge in [0.05, 0.1) is 32.2 Å². The molecule has 2 aromatic heterocycles. The highest BCUT2D eigenvalue weighted by Crippen LogP contribution is 2.36. The van der Waals surface area contributed by atoms with Crippen LogP contribution in [0.3, 0.4) is 0 Å². The number of nitrogens with one attached hydrogen (secondary N) is 1. The van der Waals surface area contributed by atoms with Crippen LogP contribution in [0.25, 0.3) is 33.5 Å². The normalized spacial score (nSPS) is 11.4. The number of amides is 1. The molecule has 0 unspecified atom stereocenters. The number of carbonyl (C=O) groups is 1. The van der Waals surface area contributed by atoms with Crippen molar-refractivity contribution < 1.29 is 23.3 Å². The maximum absolute atomic E-state index is 13.9. The van der Waals surface area contributed by atoms with Gasteiger partial charge in [-0.2, -0.15) is 9.78 Å². The fourth-order valence-corrected chi connectivity index (χ4v) is 5.44. The van der Waals surface area contributed by atoms with Gasteiger partial charge >= 0.3 is 5.69 Å². The van der Waals surface area contributed by atoms with Crippen LogP contribution in [0.15, 0.2) is 108 Å². The number of carbonyl (C=O) groups excluding carboxylic acids is 1. The van der Waals surface area contributed by atoms with E-state index in [2.05, 4.69) is 47.3 Å². The van der Waals surface area contributed by atoms with Crippen molar-refractivity contribution in [2.24, 2.45) is 5.10 Å². The molecule has 11 nitrogen and oxygen atoms in total. The lowest BCUT2D eigenvalue weighted by atomic mass is 10.2. The first-order chi connectivity index (χ1) is 21.7. The molecule has 14 heteroatoms. The molecule has 0 spiro atoms. The van der Waals surface area contributed by atoms with Gasteiger partial charge < -0.3 is 14.5 Å². The summed E-state index contributed by atoms with van der Waals surface area (Å²) >= 11 is 6.70. The summed E-state index contributed by atoms with van der Waals surface area (Å²) in [7, 11) is 0. The summed E-state index contributed by atoms with van der Waals surface area (Å²) in [6.45, 7) is -0.628. The number of hydrogen-bond acceptors (Lipinski definition) is 8. The van der Waals surface area contributed by atoms with E-state index < -0.39 is 34.5 Å². The lowest BCUT2D eigenvalue weighted by molar-refractivity contribution is -0.385. The first kappa shape index (κ1) is 29.8. The fourth-order valence-electron chi connectivity index (χ4n) is 4.48. The molecular formula is C31H18Br2FN5O6. The summed E-state index contributed by atoms with van der Waals surface area (Å²) in [5.41, 5.74) is 0.226. The first-order valence-corrected chi connectivity index (χ1v) is 14.7. The fraction of sp³-hybridized carbons (Fsp3) is 0.0323. The maximum Gasteiger partial charge on any atom is 0.312 e. The topological polar surface area (TPSA) is 142 Å². The minimum absolute atomic E-state index is 0.0560. The van der Waals surface area contributed by atoms with E-state index in [1.165, 1.54) is 36.5 Å². The molecule has 1 N–H and O–H groups in total. The quantitative estimate of drug-likeness (QED) is 0.0984. The van der Waals surface area contributed by atoms with Gasteiger partial charge in [0.25, 0.3) is 11.5 Å². The van der Waals surface area contributed by atoms with E-state index in [0.29, 0.717) is 16.5 Å². The summed E-state index contributed by atoms with van der Waals surface area (Å²) in [4.78, 5) is 41.8. The zero-order chi connectivity index (χ0) is 31.7. The van der Waals surface area contributed by atoms with Gasteiger partial charge in [-0.3, -0.25) is 19.7 Å². The third kappa shape index (κ3) is 6.23. The molecule has 0 saturated heterocycles. The maximum atomic E-state index is 13.9. The number of hydrogen-bond donors (Lipinski definition) is 1. The zero-order valence-electron chi connectivity index (χ0n) is 22.7. The van der Waals surface area contributed by atoms with E-state index in [0.717, 1.165) is 14.5 Å².